The van der Waals surface area contributed by atoms with Crippen molar-refractivity contribution in [2.45, 2.75) is 13.2 Å². The van der Waals surface area contributed by atoms with Gasteiger partial charge < -0.3 is 25.3 Å². The number of anilines is 1. The van der Waals surface area contributed by atoms with Gasteiger partial charge in [-0.2, -0.15) is 0 Å². The van der Waals surface area contributed by atoms with E-state index in [0.29, 0.717) is 30.3 Å². The van der Waals surface area contributed by atoms with E-state index in [1.165, 1.54) is 18.3 Å². The van der Waals surface area contributed by atoms with Crippen molar-refractivity contribution in [3.63, 3.8) is 0 Å². The van der Waals surface area contributed by atoms with Gasteiger partial charge in [-0.25, -0.2) is 9.78 Å². The molecular formula is C28H23N3O6. The Morgan fingerprint density at radius 3 is 1.78 bits per heavy atom. The van der Waals surface area contributed by atoms with E-state index in [-0.39, 0.29) is 11.6 Å². The van der Waals surface area contributed by atoms with E-state index in [9.17, 15) is 14.4 Å². The normalized spacial score (nSPS) is 10.3. The van der Waals surface area contributed by atoms with Gasteiger partial charge >= 0.3 is 11.9 Å². The van der Waals surface area contributed by atoms with Crippen LogP contribution in [0.25, 0.3) is 0 Å². The van der Waals surface area contributed by atoms with Crippen LogP contribution in [-0.2, 0) is 22.8 Å². The number of primary amides is 1. The van der Waals surface area contributed by atoms with Crippen molar-refractivity contribution in [3.05, 3.63) is 114 Å². The van der Waals surface area contributed by atoms with E-state index in [1.54, 1.807) is 18.2 Å². The molecule has 0 aliphatic heterocycles. The fourth-order valence-electron chi connectivity index (χ4n) is 3.21. The Hall–Kier alpha value is -5.18. The van der Waals surface area contributed by atoms with E-state index in [1.807, 2.05) is 60.7 Å². The van der Waals surface area contributed by atoms with Crippen LogP contribution in [0, 0.1) is 0 Å². The molecule has 2 amide bonds. The molecule has 0 bridgehead atoms. The molecule has 9 heteroatoms. The average Bonchev–Trinajstić information content (AvgIpc) is 2.93. The summed E-state index contributed by atoms with van der Waals surface area (Å²) in [5.41, 5.74) is 7.11. The third kappa shape index (κ3) is 7.40. The van der Waals surface area contributed by atoms with E-state index in [2.05, 4.69) is 10.3 Å². The van der Waals surface area contributed by atoms with Crippen LogP contribution in [0.2, 0.25) is 0 Å². The van der Waals surface area contributed by atoms with Crippen molar-refractivity contribution < 1.29 is 28.6 Å². The van der Waals surface area contributed by atoms with Crippen LogP contribution in [0.4, 0.5) is 5.82 Å². The monoisotopic (exact) mass is 497 g/mol. The first-order valence-electron chi connectivity index (χ1n) is 11.2. The molecule has 1 heterocycles. The summed E-state index contributed by atoms with van der Waals surface area (Å²) < 4.78 is 16.6. The summed E-state index contributed by atoms with van der Waals surface area (Å²) in [7, 11) is 0. The Labute approximate surface area is 212 Å². The molecule has 0 saturated carbocycles. The maximum atomic E-state index is 13.0. The molecule has 3 aromatic carbocycles. The second-order valence-electron chi connectivity index (χ2n) is 7.83. The minimum absolute atomic E-state index is 0.00899. The highest BCUT2D eigenvalue weighted by atomic mass is 16.5. The highest BCUT2D eigenvalue weighted by Crippen LogP contribution is 2.26. The number of hydrogen-bond donors (Lipinski definition) is 2. The van der Waals surface area contributed by atoms with Gasteiger partial charge in [0.1, 0.15) is 36.3 Å². The van der Waals surface area contributed by atoms with Gasteiger partial charge in [-0.05, 0) is 35.4 Å². The Bertz CT molecular complexity index is 1310. The predicted molar refractivity (Wildman–Crippen MR) is 135 cm³/mol. The van der Waals surface area contributed by atoms with Gasteiger partial charge in [0, 0.05) is 11.6 Å². The molecule has 1 aromatic heterocycles. The van der Waals surface area contributed by atoms with Gasteiger partial charge in [-0.15, -0.1) is 0 Å². The summed E-state index contributed by atoms with van der Waals surface area (Å²) in [6.07, 6.45) is 1.18. The van der Waals surface area contributed by atoms with Gasteiger partial charge in [0.2, 0.25) is 0 Å². The molecule has 0 unspecified atom stereocenters. The fourth-order valence-corrected chi connectivity index (χ4v) is 3.21. The first-order chi connectivity index (χ1) is 18.0. The highest BCUT2D eigenvalue weighted by Gasteiger charge is 2.14. The average molecular weight is 498 g/mol. The van der Waals surface area contributed by atoms with Crippen LogP contribution in [0.5, 0.6) is 17.2 Å². The number of rotatable bonds is 9. The number of aromatic nitrogens is 1. The van der Waals surface area contributed by atoms with Gasteiger partial charge in [-0.3, -0.25) is 9.59 Å². The standard InChI is InChI=1S/C28H23N3O6/c29-26(32)28(34)37-22-11-12-25(30-16-22)31-27(33)21-13-23(35-17-19-7-3-1-4-8-19)15-24(14-21)36-18-20-9-5-2-6-10-20/h1-16H,17-18H2,(H2,29,32)(H,30,31,33). The molecule has 0 radical (unpaired) electrons. The SMILES string of the molecule is NC(=O)C(=O)Oc1ccc(NC(=O)c2cc(OCc3ccccc3)cc(OCc3ccccc3)c2)nc1. The first kappa shape index (κ1) is 24.9. The summed E-state index contributed by atoms with van der Waals surface area (Å²) in [6, 6.07) is 27.0. The lowest BCUT2D eigenvalue weighted by Crippen LogP contribution is -2.27. The van der Waals surface area contributed by atoms with Crippen LogP contribution >= 0.6 is 0 Å². The zero-order valence-corrected chi connectivity index (χ0v) is 19.6. The molecule has 0 aliphatic rings. The summed E-state index contributed by atoms with van der Waals surface area (Å²) in [5, 5.41) is 2.67. The van der Waals surface area contributed by atoms with Crippen molar-refractivity contribution in [1.82, 2.24) is 4.98 Å². The number of ether oxygens (including phenoxy) is 3. The maximum absolute atomic E-state index is 13.0. The number of carbonyl (C=O) groups is 3. The van der Waals surface area contributed by atoms with Crippen LogP contribution in [0.1, 0.15) is 21.5 Å². The zero-order chi connectivity index (χ0) is 26.0. The number of esters is 1. The number of pyridine rings is 1. The number of nitrogens with two attached hydrogens (primary N) is 1. The largest absolute Gasteiger partial charge is 0.489 e. The second-order valence-corrected chi connectivity index (χ2v) is 7.83. The first-order valence-corrected chi connectivity index (χ1v) is 11.2. The molecule has 37 heavy (non-hydrogen) atoms. The molecule has 9 nitrogen and oxygen atoms in total. The van der Waals surface area contributed by atoms with Crippen LogP contribution in [0.3, 0.4) is 0 Å². The molecule has 0 fully saturated rings. The topological polar surface area (TPSA) is 130 Å². The summed E-state index contributed by atoms with van der Waals surface area (Å²) in [4.78, 5) is 39.2. The molecular weight excluding hydrogens is 474 g/mol. The molecule has 4 rings (SSSR count). The number of nitrogens with zero attached hydrogens (tertiary/aromatic N) is 1. The smallest absolute Gasteiger partial charge is 0.402 e. The Balaban J connectivity index is 1.49. The Kier molecular flexibility index (Phi) is 8.07. The van der Waals surface area contributed by atoms with Crippen LogP contribution in [0.15, 0.2) is 97.2 Å². The van der Waals surface area contributed by atoms with Gasteiger partial charge in [0.15, 0.2) is 0 Å². The summed E-state index contributed by atoms with van der Waals surface area (Å²) in [6.45, 7) is 0.633. The molecule has 0 saturated heterocycles. The molecule has 0 aliphatic carbocycles. The van der Waals surface area contributed by atoms with Crippen LogP contribution < -0.4 is 25.3 Å². The quantitative estimate of drug-likeness (QED) is 0.265. The van der Waals surface area contributed by atoms with Crippen molar-refractivity contribution in [1.29, 1.82) is 0 Å². The third-order valence-corrected chi connectivity index (χ3v) is 5.03. The molecule has 4 aromatic rings. The fraction of sp³-hybridized carbons (Fsp3) is 0.0714. The van der Waals surface area contributed by atoms with Gasteiger partial charge in [0.25, 0.3) is 5.91 Å². The Morgan fingerprint density at radius 1 is 0.730 bits per heavy atom. The second kappa shape index (κ2) is 12.0. The maximum Gasteiger partial charge on any atom is 0.402 e. The van der Waals surface area contributed by atoms with Crippen molar-refractivity contribution >= 4 is 23.6 Å². The number of carbonyl (C=O) groups excluding carboxylic acids is 3. The minimum Gasteiger partial charge on any atom is -0.489 e. The number of nitrogens with one attached hydrogen (secondary N) is 1. The molecule has 3 N–H and O–H groups in total. The van der Waals surface area contributed by atoms with E-state index in [0.717, 1.165) is 11.1 Å². The number of benzene rings is 3. The number of amides is 2. The van der Waals surface area contributed by atoms with Crippen molar-refractivity contribution in [2.24, 2.45) is 5.73 Å². The van der Waals surface area contributed by atoms with E-state index >= 15 is 0 Å². The molecule has 0 spiro atoms. The van der Waals surface area contributed by atoms with Crippen molar-refractivity contribution in [3.8, 4) is 17.2 Å². The molecule has 186 valence electrons. The lowest BCUT2D eigenvalue weighted by atomic mass is 10.1. The van der Waals surface area contributed by atoms with E-state index in [4.69, 9.17) is 19.9 Å². The third-order valence-electron chi connectivity index (χ3n) is 5.03. The predicted octanol–water partition coefficient (Wildman–Crippen LogP) is 3.88. The van der Waals surface area contributed by atoms with E-state index < -0.39 is 17.8 Å². The van der Waals surface area contributed by atoms with Crippen molar-refractivity contribution in [2.75, 3.05) is 5.32 Å². The lowest BCUT2D eigenvalue weighted by molar-refractivity contribution is -0.146. The zero-order valence-electron chi connectivity index (χ0n) is 19.6. The minimum atomic E-state index is -1.22. The van der Waals surface area contributed by atoms with Gasteiger partial charge in [0.05, 0.1) is 6.20 Å². The highest BCUT2D eigenvalue weighted by molar-refractivity contribution is 6.32. The lowest BCUT2D eigenvalue weighted by Gasteiger charge is -2.13. The van der Waals surface area contributed by atoms with Gasteiger partial charge in [-0.1, -0.05) is 60.7 Å². The summed E-state index contributed by atoms with van der Waals surface area (Å²) >= 11 is 0. The molecule has 0 atom stereocenters. The number of hydrogen-bond acceptors (Lipinski definition) is 7. The van der Waals surface area contributed by atoms with Crippen LogP contribution in [-0.4, -0.2) is 22.8 Å². The Morgan fingerprint density at radius 2 is 1.30 bits per heavy atom. The summed E-state index contributed by atoms with van der Waals surface area (Å²) in [5.74, 6) is -1.77.